The molecule has 0 atom stereocenters. The number of thioether (sulfide) groups is 1. The fraction of sp³-hybridized carbons (Fsp3) is 0.0741. The van der Waals surface area contributed by atoms with E-state index in [2.05, 4.69) is 10.3 Å². The molecule has 9 heteroatoms. The fourth-order valence-electron chi connectivity index (χ4n) is 3.68. The molecule has 36 heavy (non-hydrogen) atoms. The van der Waals surface area contributed by atoms with Crippen LogP contribution in [0.5, 0.6) is 0 Å². The van der Waals surface area contributed by atoms with Crippen LogP contribution in [0, 0.1) is 11.6 Å². The molecule has 3 aromatic carbocycles. The Balaban J connectivity index is 1.53. The Morgan fingerprint density at radius 3 is 2.56 bits per heavy atom. The first-order valence-corrected chi connectivity index (χ1v) is 12.0. The van der Waals surface area contributed by atoms with E-state index in [1.165, 1.54) is 59.0 Å². The molecule has 0 spiro atoms. The van der Waals surface area contributed by atoms with Crippen LogP contribution in [0.4, 0.5) is 8.78 Å². The first kappa shape index (κ1) is 23.5. The summed E-state index contributed by atoms with van der Waals surface area (Å²) < 4.78 is 33.8. The van der Waals surface area contributed by atoms with Gasteiger partial charge in [0, 0.05) is 11.3 Å². The number of carbonyl (C=O) groups is 1. The summed E-state index contributed by atoms with van der Waals surface area (Å²) in [6.07, 6.45) is 1.52. The van der Waals surface area contributed by atoms with Crippen LogP contribution in [-0.4, -0.2) is 15.5 Å². The average molecular weight is 504 g/mol. The molecule has 0 radical (unpaired) electrons. The molecule has 0 fully saturated rings. The van der Waals surface area contributed by atoms with Gasteiger partial charge in [-0.3, -0.25) is 14.2 Å². The van der Waals surface area contributed by atoms with Crippen molar-refractivity contribution in [2.75, 3.05) is 0 Å². The molecule has 0 bridgehead atoms. The lowest BCUT2D eigenvalue weighted by atomic mass is 10.1. The zero-order valence-electron chi connectivity index (χ0n) is 18.8. The zero-order valence-corrected chi connectivity index (χ0v) is 19.6. The third kappa shape index (κ3) is 5.06. The highest BCUT2D eigenvalue weighted by atomic mass is 32.2. The molecule has 5 rings (SSSR count). The van der Waals surface area contributed by atoms with Crippen LogP contribution in [0.25, 0.3) is 16.6 Å². The van der Waals surface area contributed by atoms with Gasteiger partial charge in [-0.1, -0.05) is 23.9 Å². The topological polar surface area (TPSA) is 77.1 Å². The van der Waals surface area contributed by atoms with Crippen molar-refractivity contribution in [1.29, 1.82) is 0 Å². The van der Waals surface area contributed by atoms with Crippen LogP contribution >= 0.6 is 11.8 Å². The number of hydrogen-bond donors (Lipinski definition) is 1. The second kappa shape index (κ2) is 10.2. The molecule has 1 amide bonds. The van der Waals surface area contributed by atoms with E-state index >= 15 is 0 Å². The Labute approximate surface area is 208 Å². The Bertz CT molecular complexity index is 1600. The van der Waals surface area contributed by atoms with Crippen molar-refractivity contribution in [2.24, 2.45) is 0 Å². The van der Waals surface area contributed by atoms with Gasteiger partial charge in [0.25, 0.3) is 11.5 Å². The molecule has 6 nitrogen and oxygen atoms in total. The van der Waals surface area contributed by atoms with Crippen molar-refractivity contribution in [3.8, 4) is 5.69 Å². The molecule has 2 aromatic heterocycles. The van der Waals surface area contributed by atoms with Gasteiger partial charge in [0.2, 0.25) is 0 Å². The zero-order chi connectivity index (χ0) is 25.1. The van der Waals surface area contributed by atoms with Crippen molar-refractivity contribution in [2.45, 2.75) is 17.5 Å². The molecule has 5 aromatic rings. The van der Waals surface area contributed by atoms with Crippen LogP contribution in [0.1, 0.15) is 21.7 Å². The number of aromatic nitrogens is 2. The van der Waals surface area contributed by atoms with Gasteiger partial charge in [0.05, 0.1) is 29.4 Å². The van der Waals surface area contributed by atoms with E-state index in [9.17, 15) is 18.4 Å². The quantitative estimate of drug-likeness (QED) is 0.235. The van der Waals surface area contributed by atoms with Crippen LogP contribution < -0.4 is 10.9 Å². The van der Waals surface area contributed by atoms with Gasteiger partial charge < -0.3 is 9.73 Å². The summed E-state index contributed by atoms with van der Waals surface area (Å²) in [5.41, 5.74) is 1.46. The van der Waals surface area contributed by atoms with E-state index in [0.29, 0.717) is 44.4 Å². The molecule has 0 saturated heterocycles. The van der Waals surface area contributed by atoms with Gasteiger partial charge in [0.15, 0.2) is 5.16 Å². The van der Waals surface area contributed by atoms with E-state index in [0.717, 1.165) is 0 Å². The van der Waals surface area contributed by atoms with Gasteiger partial charge in [-0.2, -0.15) is 0 Å². The predicted octanol–water partition coefficient (Wildman–Crippen LogP) is 5.48. The van der Waals surface area contributed by atoms with Crippen molar-refractivity contribution in [3.05, 3.63) is 124 Å². The minimum absolute atomic E-state index is 0.220. The van der Waals surface area contributed by atoms with Gasteiger partial charge in [-0.15, -0.1) is 0 Å². The fourth-order valence-corrected chi connectivity index (χ4v) is 4.63. The van der Waals surface area contributed by atoms with E-state index < -0.39 is 5.82 Å². The van der Waals surface area contributed by atoms with Crippen LogP contribution in [0.15, 0.2) is 99.5 Å². The molecule has 0 aliphatic heterocycles. The number of halogens is 2. The van der Waals surface area contributed by atoms with E-state index in [1.54, 1.807) is 42.5 Å². The summed E-state index contributed by atoms with van der Waals surface area (Å²) in [7, 11) is 0. The summed E-state index contributed by atoms with van der Waals surface area (Å²) in [6.45, 7) is 0.220. The number of furan rings is 1. The smallest absolute Gasteiger partial charge is 0.266 e. The molecular formula is C27H19F2N3O3S. The average Bonchev–Trinajstić information content (AvgIpc) is 3.40. The van der Waals surface area contributed by atoms with Gasteiger partial charge >= 0.3 is 0 Å². The summed E-state index contributed by atoms with van der Waals surface area (Å²) >= 11 is 1.24. The molecule has 1 N–H and O–H groups in total. The third-order valence-corrected chi connectivity index (χ3v) is 6.46. The van der Waals surface area contributed by atoms with Crippen LogP contribution in [0.2, 0.25) is 0 Å². The van der Waals surface area contributed by atoms with Gasteiger partial charge in [-0.05, 0) is 72.3 Å². The molecular weight excluding hydrogens is 484 g/mol. The second-order valence-electron chi connectivity index (χ2n) is 7.92. The highest BCUT2D eigenvalue weighted by Crippen LogP contribution is 2.25. The Morgan fingerprint density at radius 2 is 1.81 bits per heavy atom. The lowest BCUT2D eigenvalue weighted by Gasteiger charge is -2.14. The first-order chi connectivity index (χ1) is 17.5. The minimum atomic E-state index is -0.431. The second-order valence-corrected chi connectivity index (χ2v) is 8.87. The Kier molecular flexibility index (Phi) is 6.64. The minimum Gasteiger partial charge on any atom is -0.467 e. The summed E-state index contributed by atoms with van der Waals surface area (Å²) in [4.78, 5) is 30.8. The molecule has 0 aliphatic carbocycles. The Hall–Kier alpha value is -4.24. The number of amides is 1. The van der Waals surface area contributed by atoms with Crippen molar-refractivity contribution in [3.63, 3.8) is 0 Å². The van der Waals surface area contributed by atoms with Crippen molar-refractivity contribution < 1.29 is 18.0 Å². The van der Waals surface area contributed by atoms with Gasteiger partial charge in [0.1, 0.15) is 17.4 Å². The number of hydrogen-bond acceptors (Lipinski definition) is 5. The number of rotatable bonds is 7. The van der Waals surface area contributed by atoms with Crippen LogP contribution in [0.3, 0.4) is 0 Å². The molecule has 180 valence electrons. The molecule has 0 saturated carbocycles. The van der Waals surface area contributed by atoms with Crippen molar-refractivity contribution in [1.82, 2.24) is 14.9 Å². The maximum absolute atomic E-state index is 13.7. The summed E-state index contributed by atoms with van der Waals surface area (Å²) in [6, 6.07) is 19.8. The number of nitrogens with zero attached hydrogens (tertiary/aromatic N) is 2. The number of benzene rings is 3. The summed E-state index contributed by atoms with van der Waals surface area (Å²) in [5, 5.41) is 3.40. The maximum atomic E-state index is 13.7. The third-order valence-electron chi connectivity index (χ3n) is 5.45. The molecule has 2 heterocycles. The van der Waals surface area contributed by atoms with E-state index in [4.69, 9.17) is 4.42 Å². The normalized spacial score (nSPS) is 11.1. The number of nitrogens with one attached hydrogen (secondary N) is 1. The lowest BCUT2D eigenvalue weighted by molar-refractivity contribution is 0.0948. The van der Waals surface area contributed by atoms with Crippen molar-refractivity contribution >= 4 is 28.6 Å². The number of carbonyl (C=O) groups excluding carboxylic acids is 1. The van der Waals surface area contributed by atoms with E-state index in [-0.39, 0.29) is 23.8 Å². The molecule has 0 unspecified atom stereocenters. The predicted molar refractivity (Wildman–Crippen MR) is 133 cm³/mol. The molecule has 0 aliphatic rings. The number of fused-ring (bicyclic) bond motifs is 1. The van der Waals surface area contributed by atoms with Gasteiger partial charge in [-0.25, -0.2) is 13.8 Å². The standard InChI is InChI=1S/C27H19F2N3O3S/c28-19-7-9-21(10-8-19)32-26(34)23-11-6-18(25(33)30-15-22-5-2-12-35-22)14-24(23)31-27(32)36-16-17-3-1-4-20(29)13-17/h1-14H,15-16H2,(H,30,33). The first-order valence-electron chi connectivity index (χ1n) is 11.0. The van der Waals surface area contributed by atoms with Crippen LogP contribution in [-0.2, 0) is 12.3 Å². The summed E-state index contributed by atoms with van der Waals surface area (Å²) in [5.74, 6) is -0.173. The monoisotopic (exact) mass is 503 g/mol. The highest BCUT2D eigenvalue weighted by Gasteiger charge is 2.16. The largest absolute Gasteiger partial charge is 0.467 e. The van der Waals surface area contributed by atoms with E-state index in [1.807, 2.05) is 0 Å². The lowest BCUT2D eigenvalue weighted by Crippen LogP contribution is -2.24. The Morgan fingerprint density at radius 1 is 0.972 bits per heavy atom. The highest BCUT2D eigenvalue weighted by molar-refractivity contribution is 7.98. The maximum Gasteiger partial charge on any atom is 0.266 e. The SMILES string of the molecule is O=C(NCc1ccco1)c1ccc2c(=O)n(-c3ccc(F)cc3)c(SCc3cccc(F)c3)nc2c1.